The first-order chi connectivity index (χ1) is 7.91. The second kappa shape index (κ2) is 5.24. The summed E-state index contributed by atoms with van der Waals surface area (Å²) in [6.07, 6.45) is 0.908. The zero-order chi connectivity index (χ0) is 13.1. The first-order valence-corrected chi connectivity index (χ1v) is 5.49. The zero-order valence-electron chi connectivity index (χ0n) is 10.1. The Morgan fingerprint density at radius 2 is 2.24 bits per heavy atom. The lowest BCUT2D eigenvalue weighted by Gasteiger charge is -2.21. The van der Waals surface area contributed by atoms with E-state index in [1.807, 2.05) is 6.92 Å². The Bertz CT molecular complexity index is 400. The van der Waals surface area contributed by atoms with E-state index >= 15 is 0 Å². The lowest BCUT2D eigenvalue weighted by molar-refractivity contribution is 0.0330. The maximum absolute atomic E-state index is 10.9. The number of nitrogens with zero attached hydrogens (tertiary/aromatic N) is 3. The van der Waals surface area contributed by atoms with Gasteiger partial charge in [-0.15, -0.1) is 5.10 Å². The molecule has 0 radical (unpaired) electrons. The van der Waals surface area contributed by atoms with Crippen LogP contribution in [0.15, 0.2) is 0 Å². The van der Waals surface area contributed by atoms with E-state index in [1.165, 1.54) is 4.68 Å². The molecule has 0 aliphatic rings. The molecule has 1 aromatic rings. The molecule has 0 aliphatic heterocycles. The highest BCUT2D eigenvalue weighted by Gasteiger charge is 2.24. The molecule has 7 heteroatoms. The average Bonchev–Trinajstić information content (AvgIpc) is 2.62. The van der Waals surface area contributed by atoms with Crippen molar-refractivity contribution in [2.45, 2.75) is 38.8 Å². The van der Waals surface area contributed by atoms with Crippen molar-refractivity contribution in [1.29, 1.82) is 0 Å². The summed E-state index contributed by atoms with van der Waals surface area (Å²) in [6.45, 7) is 4.03. The molecule has 17 heavy (non-hydrogen) atoms. The van der Waals surface area contributed by atoms with Crippen LogP contribution < -0.4 is 5.73 Å². The predicted octanol–water partition coefficient (Wildman–Crippen LogP) is -0.361. The highest BCUT2D eigenvalue weighted by Crippen LogP contribution is 2.14. The predicted molar refractivity (Wildman–Crippen MR) is 60.7 cm³/mol. The van der Waals surface area contributed by atoms with Crippen LogP contribution >= 0.6 is 0 Å². The summed E-state index contributed by atoms with van der Waals surface area (Å²) in [4.78, 5) is 10.9. The number of hydrogen-bond donors (Lipinski definition) is 3. The van der Waals surface area contributed by atoms with Crippen molar-refractivity contribution in [2.75, 3.05) is 6.54 Å². The third-order valence-electron chi connectivity index (χ3n) is 2.67. The summed E-state index contributed by atoms with van der Waals surface area (Å²) in [5, 5.41) is 26.3. The Hall–Kier alpha value is -1.47. The third kappa shape index (κ3) is 3.24. The number of nitrogens with two attached hydrogens (primary N) is 1. The topological polar surface area (TPSA) is 114 Å². The van der Waals surface area contributed by atoms with Crippen LogP contribution in [-0.4, -0.2) is 43.3 Å². The van der Waals surface area contributed by atoms with Gasteiger partial charge in [-0.25, -0.2) is 9.48 Å². The third-order valence-corrected chi connectivity index (χ3v) is 2.67. The molecule has 1 unspecified atom stereocenters. The van der Waals surface area contributed by atoms with E-state index < -0.39 is 11.6 Å². The van der Waals surface area contributed by atoms with Gasteiger partial charge in [-0.1, -0.05) is 12.1 Å². The van der Waals surface area contributed by atoms with Crippen LogP contribution in [0.1, 0.15) is 36.5 Å². The molecule has 0 amide bonds. The quantitative estimate of drug-likeness (QED) is 0.627. The van der Waals surface area contributed by atoms with Crippen molar-refractivity contribution in [3.63, 3.8) is 0 Å². The van der Waals surface area contributed by atoms with Crippen LogP contribution in [-0.2, 0) is 13.0 Å². The monoisotopic (exact) mass is 242 g/mol. The van der Waals surface area contributed by atoms with Crippen molar-refractivity contribution in [3.05, 3.63) is 11.4 Å². The molecule has 0 spiro atoms. The van der Waals surface area contributed by atoms with Gasteiger partial charge in [0, 0.05) is 6.42 Å². The van der Waals surface area contributed by atoms with Crippen molar-refractivity contribution in [3.8, 4) is 0 Å². The fourth-order valence-electron chi connectivity index (χ4n) is 1.44. The summed E-state index contributed by atoms with van der Waals surface area (Å²) in [5.41, 5.74) is 4.85. The normalized spacial score (nSPS) is 14.6. The minimum atomic E-state index is -1.13. The SMILES string of the molecule is CCC(C)(O)Cn1nnc(C(=O)O)c1CCN. The number of hydrogen-bond acceptors (Lipinski definition) is 5. The van der Waals surface area contributed by atoms with Crippen LogP contribution in [0.2, 0.25) is 0 Å². The Kier molecular flexibility index (Phi) is 4.19. The Labute approximate surface area is 99.2 Å². The molecular formula is C10H18N4O3. The van der Waals surface area contributed by atoms with Crippen LogP contribution in [0.25, 0.3) is 0 Å². The smallest absolute Gasteiger partial charge is 0.358 e. The average molecular weight is 242 g/mol. The molecular weight excluding hydrogens is 224 g/mol. The lowest BCUT2D eigenvalue weighted by atomic mass is 10.0. The zero-order valence-corrected chi connectivity index (χ0v) is 10.1. The summed E-state index contributed by atoms with van der Waals surface area (Å²) < 4.78 is 1.42. The largest absolute Gasteiger partial charge is 0.476 e. The van der Waals surface area contributed by atoms with Gasteiger partial charge in [0.15, 0.2) is 5.69 Å². The standard InChI is InChI=1S/C10H18N4O3/c1-3-10(2,17)6-14-7(4-5-11)8(9(15)16)12-13-14/h17H,3-6,11H2,1-2H3,(H,15,16). The lowest BCUT2D eigenvalue weighted by Crippen LogP contribution is -2.31. The van der Waals surface area contributed by atoms with E-state index in [0.29, 0.717) is 25.1 Å². The minimum absolute atomic E-state index is 0.0950. The Balaban J connectivity index is 3.03. The van der Waals surface area contributed by atoms with E-state index in [9.17, 15) is 9.90 Å². The summed E-state index contributed by atoms with van der Waals surface area (Å²) in [6, 6.07) is 0. The van der Waals surface area contributed by atoms with E-state index in [4.69, 9.17) is 10.8 Å². The van der Waals surface area contributed by atoms with Gasteiger partial charge in [0.2, 0.25) is 0 Å². The van der Waals surface area contributed by atoms with Crippen LogP contribution in [0, 0.1) is 0 Å². The maximum atomic E-state index is 10.9. The summed E-state index contributed by atoms with van der Waals surface area (Å²) in [5.74, 6) is -1.13. The number of rotatable bonds is 6. The van der Waals surface area contributed by atoms with Crippen molar-refractivity contribution < 1.29 is 15.0 Å². The Morgan fingerprint density at radius 3 is 2.71 bits per heavy atom. The molecule has 7 nitrogen and oxygen atoms in total. The molecule has 0 bridgehead atoms. The van der Waals surface area contributed by atoms with Gasteiger partial charge < -0.3 is 15.9 Å². The highest BCUT2D eigenvalue weighted by atomic mass is 16.4. The number of carboxylic acids is 1. The van der Waals surface area contributed by atoms with Gasteiger partial charge in [0.25, 0.3) is 0 Å². The Morgan fingerprint density at radius 1 is 1.59 bits per heavy atom. The van der Waals surface area contributed by atoms with Crippen molar-refractivity contribution in [1.82, 2.24) is 15.0 Å². The fourth-order valence-corrected chi connectivity index (χ4v) is 1.44. The van der Waals surface area contributed by atoms with Gasteiger partial charge in [0.05, 0.1) is 17.8 Å². The molecule has 1 rings (SSSR count). The van der Waals surface area contributed by atoms with Crippen LogP contribution in [0.4, 0.5) is 0 Å². The van der Waals surface area contributed by atoms with Gasteiger partial charge in [-0.05, 0) is 19.9 Å². The number of aromatic carboxylic acids is 1. The number of aromatic nitrogens is 3. The van der Waals surface area contributed by atoms with E-state index in [0.717, 1.165) is 0 Å². The first kappa shape index (κ1) is 13.6. The van der Waals surface area contributed by atoms with E-state index in [1.54, 1.807) is 6.92 Å². The molecule has 0 aromatic carbocycles. The molecule has 0 fully saturated rings. The molecule has 4 N–H and O–H groups in total. The van der Waals surface area contributed by atoms with E-state index in [-0.39, 0.29) is 12.2 Å². The molecule has 0 saturated carbocycles. The first-order valence-electron chi connectivity index (χ1n) is 5.49. The molecule has 1 aromatic heterocycles. The summed E-state index contributed by atoms with van der Waals surface area (Å²) in [7, 11) is 0. The number of carbonyl (C=O) groups is 1. The molecule has 96 valence electrons. The van der Waals surface area contributed by atoms with Crippen molar-refractivity contribution >= 4 is 5.97 Å². The van der Waals surface area contributed by atoms with Crippen LogP contribution in [0.3, 0.4) is 0 Å². The van der Waals surface area contributed by atoms with Gasteiger partial charge in [-0.2, -0.15) is 0 Å². The number of aliphatic hydroxyl groups is 1. The molecule has 0 aliphatic carbocycles. The second-order valence-corrected chi connectivity index (χ2v) is 4.24. The summed E-state index contributed by atoms with van der Waals surface area (Å²) >= 11 is 0. The molecule has 0 saturated heterocycles. The van der Waals surface area contributed by atoms with E-state index in [2.05, 4.69) is 10.3 Å². The molecule has 1 heterocycles. The van der Waals surface area contributed by atoms with Gasteiger partial charge in [0.1, 0.15) is 0 Å². The van der Waals surface area contributed by atoms with Crippen molar-refractivity contribution in [2.24, 2.45) is 5.73 Å². The maximum Gasteiger partial charge on any atom is 0.358 e. The van der Waals surface area contributed by atoms with Gasteiger partial charge >= 0.3 is 5.97 Å². The highest BCUT2D eigenvalue weighted by molar-refractivity contribution is 5.86. The molecule has 1 atom stereocenters. The second-order valence-electron chi connectivity index (χ2n) is 4.24. The number of carboxylic acid groups (broad SMARTS) is 1. The fraction of sp³-hybridized carbons (Fsp3) is 0.700. The van der Waals surface area contributed by atoms with Gasteiger partial charge in [-0.3, -0.25) is 0 Å². The minimum Gasteiger partial charge on any atom is -0.476 e. The van der Waals surface area contributed by atoms with Crippen LogP contribution in [0.5, 0.6) is 0 Å².